The van der Waals surface area contributed by atoms with E-state index in [9.17, 15) is 0 Å². The minimum Gasteiger partial charge on any atom is -0.359 e. The fraction of sp³-hybridized carbons (Fsp3) is 1.00. The Hall–Kier alpha value is -0.120. The lowest BCUT2D eigenvalue weighted by Gasteiger charge is -2.39. The third-order valence-electron chi connectivity index (χ3n) is 4.05. The van der Waals surface area contributed by atoms with E-state index in [-0.39, 0.29) is 6.23 Å². The first-order valence-electron chi connectivity index (χ1n) is 7.18. The predicted molar refractivity (Wildman–Crippen MR) is 71.0 cm³/mol. The molecule has 1 saturated heterocycles. The zero-order chi connectivity index (χ0) is 12.3. The Labute approximate surface area is 106 Å². The quantitative estimate of drug-likeness (QED) is 0.777. The summed E-state index contributed by atoms with van der Waals surface area (Å²) in [4.78, 5) is 0. The average molecular weight is 240 g/mol. The number of hydrogen-bond donors (Lipinski definition) is 2. The van der Waals surface area contributed by atoms with Gasteiger partial charge in [-0.25, -0.2) is 0 Å². The van der Waals surface area contributed by atoms with Crippen LogP contribution in [0.15, 0.2) is 0 Å². The highest BCUT2D eigenvalue weighted by Gasteiger charge is 2.30. The normalized spacial score (nSPS) is 32.6. The number of nitrogens with one attached hydrogen (secondary N) is 2. The molecule has 2 rings (SSSR count). The van der Waals surface area contributed by atoms with E-state index in [4.69, 9.17) is 4.74 Å². The Morgan fingerprint density at radius 3 is 2.18 bits per heavy atom. The molecule has 100 valence electrons. The summed E-state index contributed by atoms with van der Waals surface area (Å²) in [5.41, 5.74) is 0.322. The molecule has 1 saturated carbocycles. The molecule has 1 aliphatic heterocycles. The lowest BCUT2D eigenvalue weighted by atomic mass is 9.86. The molecule has 0 aromatic heterocycles. The maximum absolute atomic E-state index is 6.12. The zero-order valence-corrected chi connectivity index (χ0v) is 11.6. The molecule has 0 aromatic carbocycles. The van der Waals surface area contributed by atoms with Gasteiger partial charge >= 0.3 is 0 Å². The van der Waals surface area contributed by atoms with Crippen LogP contribution in [0.3, 0.4) is 0 Å². The van der Waals surface area contributed by atoms with Gasteiger partial charge < -0.3 is 10.1 Å². The average Bonchev–Trinajstić information content (AvgIpc) is 2.30. The van der Waals surface area contributed by atoms with Gasteiger partial charge in [0.1, 0.15) is 6.23 Å². The summed E-state index contributed by atoms with van der Waals surface area (Å²) in [5.74, 6) is 0. The molecule has 0 radical (unpaired) electrons. The van der Waals surface area contributed by atoms with Crippen molar-refractivity contribution in [1.29, 1.82) is 0 Å². The van der Waals surface area contributed by atoms with Crippen LogP contribution in [0.5, 0.6) is 0 Å². The zero-order valence-electron chi connectivity index (χ0n) is 11.6. The lowest BCUT2D eigenvalue weighted by Crippen LogP contribution is -2.60. The van der Waals surface area contributed by atoms with Gasteiger partial charge in [0.15, 0.2) is 0 Å². The monoisotopic (exact) mass is 240 g/mol. The van der Waals surface area contributed by atoms with Gasteiger partial charge in [0.05, 0.1) is 6.10 Å². The Morgan fingerprint density at radius 1 is 0.941 bits per heavy atom. The largest absolute Gasteiger partial charge is 0.359 e. The molecular formula is C14H28N2O. The van der Waals surface area contributed by atoms with Gasteiger partial charge in [-0.1, -0.05) is 40.0 Å². The van der Waals surface area contributed by atoms with Crippen molar-refractivity contribution in [3.05, 3.63) is 0 Å². The second-order valence-corrected chi connectivity index (χ2v) is 6.62. The molecule has 0 bridgehead atoms. The fourth-order valence-corrected chi connectivity index (χ4v) is 2.79. The van der Waals surface area contributed by atoms with E-state index in [1.807, 2.05) is 0 Å². The van der Waals surface area contributed by atoms with Crippen LogP contribution in [0.25, 0.3) is 0 Å². The molecule has 2 unspecified atom stereocenters. The molecule has 17 heavy (non-hydrogen) atoms. The van der Waals surface area contributed by atoms with E-state index in [0.29, 0.717) is 17.6 Å². The second kappa shape index (κ2) is 5.68. The van der Waals surface area contributed by atoms with Gasteiger partial charge in [0.2, 0.25) is 0 Å². The van der Waals surface area contributed by atoms with Gasteiger partial charge in [0, 0.05) is 19.1 Å². The molecule has 0 aromatic rings. The van der Waals surface area contributed by atoms with Gasteiger partial charge in [-0.3, -0.25) is 5.32 Å². The van der Waals surface area contributed by atoms with Crippen molar-refractivity contribution in [2.24, 2.45) is 5.41 Å². The summed E-state index contributed by atoms with van der Waals surface area (Å²) >= 11 is 0. The number of ether oxygens (including phenoxy) is 1. The summed E-state index contributed by atoms with van der Waals surface area (Å²) in [6, 6.07) is 0.550. The third kappa shape index (κ3) is 3.94. The SMILES string of the molecule is CC(C)(C)C1CNC(OC2CCCCC2)CN1. The summed E-state index contributed by atoms with van der Waals surface area (Å²) in [6.45, 7) is 8.82. The van der Waals surface area contributed by atoms with E-state index in [1.54, 1.807) is 0 Å². The van der Waals surface area contributed by atoms with E-state index in [0.717, 1.165) is 13.1 Å². The molecule has 2 fully saturated rings. The Morgan fingerprint density at radius 2 is 1.65 bits per heavy atom. The molecule has 2 atom stereocenters. The number of hydrogen-bond acceptors (Lipinski definition) is 3. The van der Waals surface area contributed by atoms with E-state index in [2.05, 4.69) is 31.4 Å². The van der Waals surface area contributed by atoms with Crippen molar-refractivity contribution in [3.8, 4) is 0 Å². The predicted octanol–water partition coefficient (Wildman–Crippen LogP) is 2.27. The Balaban J connectivity index is 1.71. The molecule has 0 spiro atoms. The molecule has 2 N–H and O–H groups in total. The van der Waals surface area contributed by atoms with Crippen molar-refractivity contribution in [3.63, 3.8) is 0 Å². The van der Waals surface area contributed by atoms with Crippen LogP contribution in [-0.4, -0.2) is 31.5 Å². The van der Waals surface area contributed by atoms with Crippen molar-refractivity contribution in [2.75, 3.05) is 13.1 Å². The minimum absolute atomic E-state index is 0.219. The number of rotatable bonds is 2. The number of piperazine rings is 1. The van der Waals surface area contributed by atoms with Gasteiger partial charge in [-0.15, -0.1) is 0 Å². The first-order chi connectivity index (χ1) is 8.05. The maximum atomic E-state index is 6.12. The van der Waals surface area contributed by atoms with Crippen LogP contribution in [-0.2, 0) is 4.74 Å². The van der Waals surface area contributed by atoms with Crippen molar-refractivity contribution < 1.29 is 4.74 Å². The summed E-state index contributed by atoms with van der Waals surface area (Å²) < 4.78 is 6.12. The Kier molecular flexibility index (Phi) is 4.45. The molecule has 3 heteroatoms. The molecule has 1 heterocycles. The van der Waals surface area contributed by atoms with E-state index in [1.165, 1.54) is 32.1 Å². The highest BCUT2D eigenvalue weighted by atomic mass is 16.5. The lowest BCUT2D eigenvalue weighted by molar-refractivity contribution is -0.0590. The summed E-state index contributed by atoms with van der Waals surface area (Å²) in [6.07, 6.45) is 7.29. The smallest absolute Gasteiger partial charge is 0.121 e. The molecule has 2 aliphatic rings. The highest BCUT2D eigenvalue weighted by Crippen LogP contribution is 2.23. The highest BCUT2D eigenvalue weighted by molar-refractivity contribution is 4.87. The summed E-state index contributed by atoms with van der Waals surface area (Å²) in [7, 11) is 0. The second-order valence-electron chi connectivity index (χ2n) is 6.62. The maximum Gasteiger partial charge on any atom is 0.121 e. The minimum atomic E-state index is 0.219. The van der Waals surface area contributed by atoms with Crippen LogP contribution in [0.2, 0.25) is 0 Å². The van der Waals surface area contributed by atoms with Gasteiger partial charge in [-0.2, -0.15) is 0 Å². The van der Waals surface area contributed by atoms with Gasteiger partial charge in [0.25, 0.3) is 0 Å². The van der Waals surface area contributed by atoms with Crippen molar-refractivity contribution in [1.82, 2.24) is 10.6 Å². The standard InChI is InChI=1S/C14H28N2O/c1-14(2,3)12-9-16-13(10-15-12)17-11-7-5-4-6-8-11/h11-13,15-16H,4-10H2,1-3H3. The van der Waals surface area contributed by atoms with Crippen LogP contribution >= 0.6 is 0 Å². The van der Waals surface area contributed by atoms with Crippen LogP contribution < -0.4 is 10.6 Å². The van der Waals surface area contributed by atoms with Gasteiger partial charge in [-0.05, 0) is 18.3 Å². The summed E-state index contributed by atoms with van der Waals surface area (Å²) in [5, 5.41) is 7.15. The Bertz CT molecular complexity index is 223. The molecule has 3 nitrogen and oxygen atoms in total. The van der Waals surface area contributed by atoms with E-state index >= 15 is 0 Å². The van der Waals surface area contributed by atoms with Crippen molar-refractivity contribution in [2.45, 2.75) is 71.2 Å². The first-order valence-corrected chi connectivity index (χ1v) is 7.18. The molecule has 1 aliphatic carbocycles. The van der Waals surface area contributed by atoms with E-state index < -0.39 is 0 Å². The fourth-order valence-electron chi connectivity index (χ4n) is 2.79. The molecular weight excluding hydrogens is 212 g/mol. The third-order valence-corrected chi connectivity index (χ3v) is 4.05. The van der Waals surface area contributed by atoms with Crippen LogP contribution in [0.1, 0.15) is 52.9 Å². The molecule has 0 amide bonds. The first kappa shape index (κ1) is 13.3. The van der Waals surface area contributed by atoms with Crippen LogP contribution in [0.4, 0.5) is 0 Å². The van der Waals surface area contributed by atoms with Crippen LogP contribution in [0, 0.1) is 5.41 Å². The topological polar surface area (TPSA) is 33.3 Å². The van der Waals surface area contributed by atoms with Crippen molar-refractivity contribution >= 4 is 0 Å².